The molecular weight excluding hydrogens is 114 g/mol. The summed E-state index contributed by atoms with van der Waals surface area (Å²) in [6, 6.07) is 1.96. The van der Waals surface area contributed by atoms with Gasteiger partial charge in [0.1, 0.15) is 6.07 Å². The van der Waals surface area contributed by atoms with Crippen molar-refractivity contribution in [2.24, 2.45) is 5.10 Å². The predicted octanol–water partition coefficient (Wildman–Crippen LogP) is 0.539. The zero-order valence-corrected chi connectivity index (χ0v) is 4.70. The minimum absolute atomic E-state index is 0.552. The van der Waals surface area contributed by atoms with Crippen molar-refractivity contribution in [2.75, 3.05) is 0 Å². The fraction of sp³-hybridized carbons (Fsp3) is 0. The van der Waals surface area contributed by atoms with Crippen LogP contribution >= 0.6 is 0 Å². The third kappa shape index (κ3) is 1.42. The van der Waals surface area contributed by atoms with Gasteiger partial charge in [-0.3, -0.25) is 5.43 Å². The van der Waals surface area contributed by atoms with Crippen molar-refractivity contribution < 1.29 is 0 Å². The van der Waals surface area contributed by atoms with Gasteiger partial charge in [0.05, 0.1) is 11.8 Å². The first-order valence-electron chi connectivity index (χ1n) is 2.49. The van der Waals surface area contributed by atoms with Crippen LogP contribution in [0.1, 0.15) is 0 Å². The molecule has 1 N–H and O–H groups in total. The molecule has 0 aromatic heterocycles. The van der Waals surface area contributed by atoms with Crippen molar-refractivity contribution in [1.82, 2.24) is 5.43 Å². The van der Waals surface area contributed by atoms with E-state index >= 15 is 0 Å². The number of hydrazone groups is 1. The fourth-order valence-corrected chi connectivity index (χ4v) is 0.454. The molecule has 0 aliphatic carbocycles. The molecule has 0 unspecified atom stereocenters. The summed E-state index contributed by atoms with van der Waals surface area (Å²) in [5.74, 6) is 0. The maximum Gasteiger partial charge on any atom is 0.101 e. The quantitative estimate of drug-likeness (QED) is 0.506. The molecule has 9 heavy (non-hydrogen) atoms. The Labute approximate surface area is 53.0 Å². The van der Waals surface area contributed by atoms with Gasteiger partial charge < -0.3 is 0 Å². The molecule has 0 saturated heterocycles. The predicted molar refractivity (Wildman–Crippen MR) is 34.5 cm³/mol. The average Bonchev–Trinajstić information content (AvgIpc) is 2.13. The number of nitriles is 1. The van der Waals surface area contributed by atoms with Crippen LogP contribution in [0.3, 0.4) is 0 Å². The van der Waals surface area contributed by atoms with E-state index in [4.69, 9.17) is 5.26 Å². The van der Waals surface area contributed by atoms with Crippen LogP contribution in [0, 0.1) is 11.3 Å². The Hall–Kier alpha value is -1.56. The van der Waals surface area contributed by atoms with Crippen molar-refractivity contribution >= 4 is 6.21 Å². The molecule has 0 saturated carbocycles. The summed E-state index contributed by atoms with van der Waals surface area (Å²) in [6.07, 6.45) is 6.54. The molecule has 0 radical (unpaired) electrons. The molecular formula is C6H5N3. The highest BCUT2D eigenvalue weighted by Crippen LogP contribution is 1.90. The first-order chi connectivity index (χ1) is 4.43. The standard InChI is InChI=1S/C6H5N3/c7-4-6-2-1-3-8-9-5-6/h1-3,5,8H. The normalized spacial score (nSPS) is 15.2. The van der Waals surface area contributed by atoms with Crippen molar-refractivity contribution in [3.63, 3.8) is 0 Å². The Bertz CT molecular complexity index is 217. The number of hydrogen-bond acceptors (Lipinski definition) is 3. The first kappa shape index (κ1) is 5.57. The van der Waals surface area contributed by atoms with Crippen molar-refractivity contribution in [3.8, 4) is 6.07 Å². The third-order valence-electron chi connectivity index (χ3n) is 0.854. The molecule has 0 bridgehead atoms. The fourth-order valence-electron chi connectivity index (χ4n) is 0.454. The van der Waals surface area contributed by atoms with E-state index in [1.54, 1.807) is 18.4 Å². The monoisotopic (exact) mass is 119 g/mol. The van der Waals surface area contributed by atoms with Crippen LogP contribution in [0.4, 0.5) is 0 Å². The number of allylic oxidation sites excluding steroid dienone is 3. The topological polar surface area (TPSA) is 48.2 Å². The van der Waals surface area contributed by atoms with Gasteiger partial charge in [-0.1, -0.05) is 0 Å². The summed E-state index contributed by atoms with van der Waals surface area (Å²) in [6.45, 7) is 0. The van der Waals surface area contributed by atoms with Gasteiger partial charge in [0.15, 0.2) is 0 Å². The summed E-state index contributed by atoms with van der Waals surface area (Å²) in [5.41, 5.74) is 3.15. The van der Waals surface area contributed by atoms with Crippen LogP contribution in [0.5, 0.6) is 0 Å². The second-order valence-corrected chi connectivity index (χ2v) is 1.48. The lowest BCUT2D eigenvalue weighted by molar-refractivity contribution is 0.979. The van der Waals surface area contributed by atoms with Crippen LogP contribution in [-0.4, -0.2) is 6.21 Å². The van der Waals surface area contributed by atoms with Crippen molar-refractivity contribution in [2.45, 2.75) is 0 Å². The van der Waals surface area contributed by atoms with Crippen LogP contribution in [-0.2, 0) is 0 Å². The minimum atomic E-state index is 0.552. The van der Waals surface area contributed by atoms with E-state index in [0.29, 0.717) is 5.57 Å². The smallest absolute Gasteiger partial charge is 0.101 e. The summed E-state index contributed by atoms with van der Waals surface area (Å²) < 4.78 is 0. The van der Waals surface area contributed by atoms with E-state index in [0.717, 1.165) is 0 Å². The molecule has 3 heteroatoms. The van der Waals surface area contributed by atoms with Gasteiger partial charge in [0.2, 0.25) is 0 Å². The van der Waals surface area contributed by atoms with E-state index in [9.17, 15) is 0 Å². The summed E-state index contributed by atoms with van der Waals surface area (Å²) in [4.78, 5) is 0. The first-order valence-corrected chi connectivity index (χ1v) is 2.49. The molecule has 0 amide bonds. The van der Waals surface area contributed by atoms with E-state index in [-0.39, 0.29) is 0 Å². The van der Waals surface area contributed by atoms with Gasteiger partial charge in [0.25, 0.3) is 0 Å². The Morgan fingerprint density at radius 1 is 1.67 bits per heavy atom. The van der Waals surface area contributed by atoms with Gasteiger partial charge >= 0.3 is 0 Å². The van der Waals surface area contributed by atoms with Crippen LogP contribution in [0.2, 0.25) is 0 Å². The molecule has 0 aromatic rings. The summed E-state index contributed by atoms with van der Waals surface area (Å²) >= 11 is 0. The molecule has 44 valence electrons. The Kier molecular flexibility index (Phi) is 1.66. The van der Waals surface area contributed by atoms with Gasteiger partial charge in [-0.25, -0.2) is 0 Å². The van der Waals surface area contributed by atoms with Crippen molar-refractivity contribution in [1.29, 1.82) is 5.26 Å². The van der Waals surface area contributed by atoms with Gasteiger partial charge in [-0.2, -0.15) is 10.4 Å². The lowest BCUT2D eigenvalue weighted by Gasteiger charge is -1.80. The number of nitrogens with zero attached hydrogens (tertiary/aromatic N) is 2. The van der Waals surface area contributed by atoms with Gasteiger partial charge in [-0.05, 0) is 12.2 Å². The molecule has 1 rings (SSSR count). The molecule has 0 atom stereocenters. The second-order valence-electron chi connectivity index (χ2n) is 1.48. The SMILES string of the molecule is N#CC1=CC=CNN=C1. The van der Waals surface area contributed by atoms with Crippen LogP contribution in [0.25, 0.3) is 0 Å². The summed E-state index contributed by atoms with van der Waals surface area (Å²) in [5, 5.41) is 12.0. The zero-order valence-electron chi connectivity index (χ0n) is 4.70. The van der Waals surface area contributed by atoms with Gasteiger partial charge in [0, 0.05) is 6.20 Å². The lowest BCUT2D eigenvalue weighted by Crippen LogP contribution is -1.90. The Morgan fingerprint density at radius 3 is 3.33 bits per heavy atom. The highest BCUT2D eigenvalue weighted by molar-refractivity contribution is 5.84. The van der Waals surface area contributed by atoms with Gasteiger partial charge in [-0.15, -0.1) is 0 Å². The molecule has 1 heterocycles. The molecule has 1 aliphatic heterocycles. The molecule has 3 nitrogen and oxygen atoms in total. The van der Waals surface area contributed by atoms with E-state index < -0.39 is 0 Å². The molecule has 0 fully saturated rings. The minimum Gasteiger partial charge on any atom is -0.286 e. The van der Waals surface area contributed by atoms with E-state index in [1.165, 1.54) is 6.21 Å². The average molecular weight is 119 g/mol. The van der Waals surface area contributed by atoms with E-state index in [1.807, 2.05) is 6.07 Å². The zero-order chi connectivity index (χ0) is 6.53. The lowest BCUT2D eigenvalue weighted by atomic mass is 10.3. The second kappa shape index (κ2) is 2.68. The van der Waals surface area contributed by atoms with Crippen LogP contribution in [0.15, 0.2) is 29.0 Å². The van der Waals surface area contributed by atoms with E-state index in [2.05, 4.69) is 10.5 Å². The van der Waals surface area contributed by atoms with Crippen molar-refractivity contribution in [3.05, 3.63) is 23.9 Å². The van der Waals surface area contributed by atoms with Crippen LogP contribution < -0.4 is 5.43 Å². The highest BCUT2D eigenvalue weighted by Gasteiger charge is 1.87. The highest BCUT2D eigenvalue weighted by atomic mass is 15.3. The molecule has 0 aromatic carbocycles. The summed E-state index contributed by atoms with van der Waals surface area (Å²) in [7, 11) is 0. The number of hydrogen-bond donors (Lipinski definition) is 1. The maximum atomic E-state index is 8.34. The third-order valence-corrected chi connectivity index (χ3v) is 0.854. The Balaban J connectivity index is 2.82. The number of nitrogens with one attached hydrogen (secondary N) is 1. The molecule has 1 aliphatic rings. The largest absolute Gasteiger partial charge is 0.286 e. The maximum absolute atomic E-state index is 8.34. The molecule has 0 spiro atoms. The number of rotatable bonds is 0. The Morgan fingerprint density at radius 2 is 2.56 bits per heavy atom.